The van der Waals surface area contributed by atoms with E-state index in [2.05, 4.69) is 97.6 Å². The Morgan fingerprint density at radius 3 is 1.40 bits per heavy atom. The lowest BCUT2D eigenvalue weighted by atomic mass is 10.1. The van der Waals surface area contributed by atoms with Gasteiger partial charge >= 0.3 is 0 Å². The fourth-order valence-corrected chi connectivity index (χ4v) is 2.56. The lowest BCUT2D eigenvalue weighted by Crippen LogP contribution is -2.11. The molecule has 0 radical (unpaired) electrons. The van der Waals surface area contributed by atoms with E-state index in [4.69, 9.17) is 0 Å². The molecule has 3 rings (SSSR count). The predicted octanol–water partition coefficient (Wildman–Crippen LogP) is 7.83. The quantitative estimate of drug-likeness (QED) is 0.472. The lowest BCUT2D eigenvalue weighted by molar-refractivity contribution is 1.22. The van der Waals surface area contributed by atoms with Gasteiger partial charge in [0.25, 0.3) is 0 Å². The first-order valence-electron chi connectivity index (χ1n) is 9.24. The van der Waals surface area contributed by atoms with Crippen LogP contribution >= 0.6 is 0 Å². The highest BCUT2D eigenvalue weighted by atomic mass is 15.1. The summed E-state index contributed by atoms with van der Waals surface area (Å²) < 4.78 is 0. The summed E-state index contributed by atoms with van der Waals surface area (Å²) in [5, 5.41) is 0. The van der Waals surface area contributed by atoms with Gasteiger partial charge in [-0.3, -0.25) is 0 Å². The minimum Gasteiger partial charge on any atom is -0.310 e. The predicted molar refractivity (Wildman–Crippen MR) is 113 cm³/mol. The fourth-order valence-electron chi connectivity index (χ4n) is 2.56. The van der Waals surface area contributed by atoms with Crippen molar-refractivity contribution in [3.8, 4) is 0 Å². The number of aryl methyl sites for hydroxylation is 1. The number of hydrogen-bond donors (Lipinski definition) is 0. The molecule has 0 aliphatic carbocycles. The van der Waals surface area contributed by atoms with Gasteiger partial charge in [-0.25, -0.2) is 0 Å². The second-order valence-corrected chi connectivity index (χ2v) is 5.23. The molecule has 0 amide bonds. The summed E-state index contributed by atoms with van der Waals surface area (Å²) in [6, 6.07) is 27.5. The molecule has 0 bridgehead atoms. The summed E-state index contributed by atoms with van der Waals surface area (Å²) in [4.78, 5) is 2.31. The maximum atomic E-state index is 2.31. The molecule has 1 nitrogen and oxygen atoms in total. The lowest BCUT2D eigenvalue weighted by Gasteiger charge is -2.27. The van der Waals surface area contributed by atoms with Crippen LogP contribution in [0, 0.1) is 13.8 Å². The van der Waals surface area contributed by atoms with E-state index in [0.717, 1.165) is 0 Å². The van der Waals surface area contributed by atoms with E-state index in [9.17, 15) is 0 Å². The number of nitrogens with zero attached hydrogens (tertiary/aromatic N) is 1. The van der Waals surface area contributed by atoms with Crippen LogP contribution < -0.4 is 4.90 Å². The zero-order valence-electron chi connectivity index (χ0n) is 16.5. The average Bonchev–Trinajstić information content (AvgIpc) is 2.70. The monoisotopic (exact) mass is 333 g/mol. The van der Waals surface area contributed by atoms with Gasteiger partial charge in [-0.05, 0) is 55.3 Å². The molecule has 25 heavy (non-hydrogen) atoms. The molecule has 3 aromatic carbocycles. The van der Waals surface area contributed by atoms with Crippen molar-refractivity contribution in [2.75, 3.05) is 4.90 Å². The van der Waals surface area contributed by atoms with E-state index in [1.165, 1.54) is 28.2 Å². The van der Waals surface area contributed by atoms with E-state index in [-0.39, 0.29) is 0 Å². The van der Waals surface area contributed by atoms with Crippen molar-refractivity contribution in [1.29, 1.82) is 0 Å². The molecule has 0 fully saturated rings. The first-order chi connectivity index (χ1) is 12.3. The topological polar surface area (TPSA) is 3.24 Å². The van der Waals surface area contributed by atoms with Gasteiger partial charge in [-0.15, -0.1) is 0 Å². The largest absolute Gasteiger partial charge is 0.310 e. The van der Waals surface area contributed by atoms with E-state index in [0.29, 0.717) is 0 Å². The van der Waals surface area contributed by atoms with E-state index in [1.807, 2.05) is 27.7 Å². The number of hydrogen-bond acceptors (Lipinski definition) is 1. The van der Waals surface area contributed by atoms with Crippen LogP contribution in [0.5, 0.6) is 0 Å². The van der Waals surface area contributed by atoms with Gasteiger partial charge in [-0.2, -0.15) is 0 Å². The van der Waals surface area contributed by atoms with Gasteiger partial charge in [0, 0.05) is 17.1 Å². The maximum Gasteiger partial charge on any atom is 0.0493 e. The van der Waals surface area contributed by atoms with Crippen LogP contribution in [0.2, 0.25) is 0 Å². The highest BCUT2D eigenvalue weighted by Gasteiger charge is 2.14. The zero-order chi connectivity index (χ0) is 18.7. The summed E-state index contributed by atoms with van der Waals surface area (Å²) in [6.07, 6.45) is 0. The van der Waals surface area contributed by atoms with Crippen LogP contribution in [0.1, 0.15) is 38.8 Å². The Hall–Kier alpha value is -2.54. The van der Waals surface area contributed by atoms with Gasteiger partial charge in [0.15, 0.2) is 0 Å². The Balaban J connectivity index is 0.000000730. The first kappa shape index (κ1) is 20.5. The second-order valence-electron chi connectivity index (χ2n) is 5.23. The van der Waals surface area contributed by atoms with Crippen molar-refractivity contribution in [3.05, 3.63) is 90.0 Å². The smallest absolute Gasteiger partial charge is 0.0493 e. The van der Waals surface area contributed by atoms with E-state index >= 15 is 0 Å². The van der Waals surface area contributed by atoms with Gasteiger partial charge in [0.2, 0.25) is 0 Å². The Morgan fingerprint density at radius 1 is 0.520 bits per heavy atom. The van der Waals surface area contributed by atoms with Crippen LogP contribution in [0.4, 0.5) is 17.1 Å². The number of anilines is 3. The highest BCUT2D eigenvalue weighted by Crippen LogP contribution is 2.36. The first-order valence-corrected chi connectivity index (χ1v) is 9.24. The minimum atomic E-state index is 1.18. The Bertz CT molecular complexity index is 678. The molecule has 0 saturated carbocycles. The molecular formula is C24H31N. The van der Waals surface area contributed by atoms with Crippen molar-refractivity contribution in [3.63, 3.8) is 0 Å². The Kier molecular flexibility index (Phi) is 9.10. The fraction of sp³-hybridized carbons (Fsp3) is 0.250. The summed E-state index contributed by atoms with van der Waals surface area (Å²) in [5.74, 6) is 0. The number of rotatable bonds is 3. The SMILES string of the molecule is CC.CC.Cc1cccc(N(c2ccccc2)c2ccccc2)c1C. The summed E-state index contributed by atoms with van der Waals surface area (Å²) in [5.41, 5.74) is 6.21. The molecule has 0 saturated heterocycles. The van der Waals surface area contributed by atoms with Crippen LogP contribution in [0.25, 0.3) is 0 Å². The molecule has 0 atom stereocenters. The molecule has 3 aromatic rings. The molecule has 0 unspecified atom stereocenters. The Labute approximate surface area is 154 Å². The third-order valence-corrected chi connectivity index (χ3v) is 3.85. The van der Waals surface area contributed by atoms with Crippen LogP contribution in [-0.4, -0.2) is 0 Å². The molecule has 0 aliphatic heterocycles. The number of benzene rings is 3. The second kappa shape index (κ2) is 11.1. The van der Waals surface area contributed by atoms with Crippen molar-refractivity contribution in [1.82, 2.24) is 0 Å². The molecule has 132 valence electrons. The molecular weight excluding hydrogens is 302 g/mol. The van der Waals surface area contributed by atoms with Crippen molar-refractivity contribution in [2.24, 2.45) is 0 Å². The van der Waals surface area contributed by atoms with Gasteiger partial charge in [0.1, 0.15) is 0 Å². The molecule has 0 aliphatic rings. The summed E-state index contributed by atoms with van der Waals surface area (Å²) >= 11 is 0. The molecule has 1 heteroatoms. The minimum absolute atomic E-state index is 1.18. The van der Waals surface area contributed by atoms with Crippen LogP contribution in [0.15, 0.2) is 78.9 Å². The average molecular weight is 334 g/mol. The maximum absolute atomic E-state index is 2.31. The molecule has 0 aromatic heterocycles. The standard InChI is InChI=1S/C20H19N.2C2H6/c1-16-10-9-15-20(17(16)2)21(18-11-5-3-6-12-18)19-13-7-4-8-14-19;2*1-2/h3-15H,1-2H3;2*1-2H3. The highest BCUT2D eigenvalue weighted by molar-refractivity contribution is 5.78. The summed E-state index contributed by atoms with van der Waals surface area (Å²) in [6.45, 7) is 12.3. The third kappa shape index (κ3) is 5.22. The van der Waals surface area contributed by atoms with E-state index < -0.39 is 0 Å². The van der Waals surface area contributed by atoms with Crippen LogP contribution in [0.3, 0.4) is 0 Å². The Morgan fingerprint density at radius 2 is 0.960 bits per heavy atom. The third-order valence-electron chi connectivity index (χ3n) is 3.85. The molecule has 0 heterocycles. The van der Waals surface area contributed by atoms with E-state index in [1.54, 1.807) is 0 Å². The van der Waals surface area contributed by atoms with Gasteiger partial charge in [-0.1, -0.05) is 76.2 Å². The summed E-state index contributed by atoms with van der Waals surface area (Å²) in [7, 11) is 0. The van der Waals surface area contributed by atoms with Crippen molar-refractivity contribution < 1.29 is 0 Å². The zero-order valence-corrected chi connectivity index (χ0v) is 16.5. The normalized spacial score (nSPS) is 9.20. The van der Waals surface area contributed by atoms with Gasteiger partial charge in [0.05, 0.1) is 0 Å². The van der Waals surface area contributed by atoms with Crippen molar-refractivity contribution >= 4 is 17.1 Å². The number of para-hydroxylation sites is 2. The van der Waals surface area contributed by atoms with Gasteiger partial charge < -0.3 is 4.90 Å². The molecule has 0 spiro atoms. The van der Waals surface area contributed by atoms with Crippen molar-refractivity contribution in [2.45, 2.75) is 41.5 Å². The van der Waals surface area contributed by atoms with Crippen LogP contribution in [-0.2, 0) is 0 Å². The molecule has 0 N–H and O–H groups in total.